The van der Waals surface area contributed by atoms with E-state index in [1.54, 1.807) is 55.0 Å². The smallest absolute Gasteiger partial charge is 0.278 e. The average Bonchev–Trinajstić information content (AvgIpc) is 2.76. The Kier molecular flexibility index (Phi) is 4.86. The van der Waals surface area contributed by atoms with Crippen LogP contribution in [0.25, 0.3) is 11.0 Å². The molecule has 0 bridgehead atoms. The van der Waals surface area contributed by atoms with Gasteiger partial charge in [-0.15, -0.1) is 0 Å². The van der Waals surface area contributed by atoms with Crippen LogP contribution in [0.3, 0.4) is 0 Å². The van der Waals surface area contributed by atoms with Crippen molar-refractivity contribution in [2.75, 3.05) is 18.1 Å². The molecule has 28 heavy (non-hydrogen) atoms. The number of pyridine rings is 2. The van der Waals surface area contributed by atoms with Crippen LogP contribution in [-0.2, 0) is 9.59 Å². The molecule has 2 aliphatic rings. The molecule has 0 atom stereocenters. The number of hydrogen-bond acceptors (Lipinski definition) is 6. The second-order valence-electron chi connectivity index (χ2n) is 6.19. The monoisotopic (exact) mass is 391 g/mol. The molecule has 0 saturated carbocycles. The lowest BCUT2D eigenvalue weighted by atomic mass is 10.1. The molecule has 0 aromatic carbocycles. The Labute approximate surface area is 166 Å². The highest BCUT2D eigenvalue weighted by atomic mass is 32.1. The van der Waals surface area contributed by atoms with Crippen molar-refractivity contribution < 1.29 is 9.59 Å². The van der Waals surface area contributed by atoms with Crippen LogP contribution in [0, 0.1) is 4.64 Å². The van der Waals surface area contributed by atoms with Gasteiger partial charge in [0.2, 0.25) is 0 Å². The van der Waals surface area contributed by atoms with Crippen molar-refractivity contribution in [2.24, 2.45) is 0 Å². The molecule has 2 aromatic rings. The third-order valence-electron chi connectivity index (χ3n) is 4.37. The van der Waals surface area contributed by atoms with Gasteiger partial charge in [0.05, 0.1) is 0 Å². The van der Waals surface area contributed by atoms with Crippen molar-refractivity contribution >= 4 is 35.1 Å². The van der Waals surface area contributed by atoms with Crippen molar-refractivity contribution in [3.05, 3.63) is 83.0 Å². The minimum absolute atomic E-state index is 0.313. The minimum atomic E-state index is -0.452. The molecule has 2 N–H and O–H groups in total. The average molecular weight is 391 g/mol. The number of carbonyl (C=O) groups is 2. The molecule has 0 saturated heterocycles. The van der Waals surface area contributed by atoms with Crippen molar-refractivity contribution in [2.45, 2.75) is 0 Å². The first kappa shape index (κ1) is 17.9. The van der Waals surface area contributed by atoms with Gasteiger partial charge < -0.3 is 10.6 Å². The number of hydrogen-bond donors (Lipinski definition) is 2. The first-order valence-electron chi connectivity index (χ1n) is 8.71. The van der Waals surface area contributed by atoms with Crippen molar-refractivity contribution in [3.63, 3.8) is 0 Å². The van der Waals surface area contributed by atoms with E-state index in [2.05, 4.69) is 15.6 Å². The molecule has 2 amide bonds. The number of nitrogens with zero attached hydrogens (tertiary/aromatic N) is 3. The van der Waals surface area contributed by atoms with E-state index < -0.39 is 11.8 Å². The largest absolute Gasteiger partial charge is 0.387 e. The normalized spacial score (nSPS) is 15.3. The summed E-state index contributed by atoms with van der Waals surface area (Å²) in [6.07, 6.45) is 11.9. The molecule has 0 fully saturated rings. The van der Waals surface area contributed by atoms with Gasteiger partial charge in [-0.2, -0.15) is 5.01 Å². The van der Waals surface area contributed by atoms with E-state index in [-0.39, 0.29) is 0 Å². The molecule has 4 rings (SSSR count). The van der Waals surface area contributed by atoms with Gasteiger partial charge >= 0.3 is 0 Å². The van der Waals surface area contributed by atoms with Gasteiger partial charge in [0.1, 0.15) is 4.64 Å². The lowest BCUT2D eigenvalue weighted by molar-refractivity contribution is -0.125. The summed E-state index contributed by atoms with van der Waals surface area (Å²) >= 11 is 5.48. The number of imide groups is 1. The molecule has 4 heterocycles. The highest BCUT2D eigenvalue weighted by molar-refractivity contribution is 7.71. The second kappa shape index (κ2) is 7.61. The number of carbonyl (C=O) groups excluding carboxylic acids is 2. The highest BCUT2D eigenvalue weighted by Crippen LogP contribution is 2.17. The van der Waals surface area contributed by atoms with Crippen molar-refractivity contribution in [1.82, 2.24) is 20.3 Å². The first-order chi connectivity index (χ1) is 13.7. The van der Waals surface area contributed by atoms with E-state index in [1.807, 2.05) is 12.1 Å². The van der Waals surface area contributed by atoms with Gasteiger partial charge in [-0.05, 0) is 48.8 Å². The molecule has 0 unspecified atom stereocenters. The predicted molar refractivity (Wildman–Crippen MR) is 109 cm³/mol. The zero-order valence-corrected chi connectivity index (χ0v) is 15.6. The number of rotatable bonds is 3. The fourth-order valence-corrected chi connectivity index (χ4v) is 3.24. The molecule has 0 aliphatic carbocycles. The number of dihydropyridines is 2. The number of fused-ring (bicyclic) bond motifs is 1. The number of aromatic nitrogens is 2. The fraction of sp³-hybridized carbons (Fsp3) is 0.100. The third kappa shape index (κ3) is 3.25. The lowest BCUT2D eigenvalue weighted by Gasteiger charge is -2.27. The van der Waals surface area contributed by atoms with E-state index in [0.29, 0.717) is 34.5 Å². The second-order valence-corrected chi connectivity index (χ2v) is 6.60. The fourth-order valence-electron chi connectivity index (χ4n) is 3.01. The van der Waals surface area contributed by atoms with E-state index in [4.69, 9.17) is 12.2 Å². The van der Waals surface area contributed by atoms with Crippen LogP contribution >= 0.6 is 12.2 Å². The van der Waals surface area contributed by atoms with E-state index >= 15 is 0 Å². The highest BCUT2D eigenvalue weighted by Gasteiger charge is 2.30. The van der Waals surface area contributed by atoms with Crippen LogP contribution in [0.4, 0.5) is 0 Å². The lowest BCUT2D eigenvalue weighted by Crippen LogP contribution is -2.49. The maximum Gasteiger partial charge on any atom is 0.278 e. The molecular weight excluding hydrogens is 374 g/mol. The van der Waals surface area contributed by atoms with Crippen LogP contribution in [0.1, 0.15) is 0 Å². The Hall–Kier alpha value is -3.52. The Balaban J connectivity index is 1.91. The number of nitrogens with one attached hydrogen (secondary N) is 2. The predicted octanol–water partition coefficient (Wildman–Crippen LogP) is 1.84. The summed E-state index contributed by atoms with van der Waals surface area (Å²) in [7, 11) is 0. The first-order valence-corrected chi connectivity index (χ1v) is 9.12. The summed E-state index contributed by atoms with van der Waals surface area (Å²) in [5.41, 5.74) is 1.34. The SMILES string of the molecule is O=C(C1=CC=CNC1)N(C(=O)C1=CC=CNC1)n1c(=S)ccc2cccnc21. The van der Waals surface area contributed by atoms with Crippen LogP contribution in [0.2, 0.25) is 0 Å². The van der Waals surface area contributed by atoms with Crippen LogP contribution in [0.5, 0.6) is 0 Å². The van der Waals surface area contributed by atoms with E-state index in [1.165, 1.54) is 4.68 Å². The summed E-state index contributed by atoms with van der Waals surface area (Å²) < 4.78 is 1.72. The quantitative estimate of drug-likeness (QED) is 0.614. The number of allylic oxidation sites excluding steroid dienone is 4. The van der Waals surface area contributed by atoms with Crippen LogP contribution in [-0.4, -0.2) is 34.6 Å². The van der Waals surface area contributed by atoms with Gasteiger partial charge in [0.25, 0.3) is 11.8 Å². The van der Waals surface area contributed by atoms with Crippen molar-refractivity contribution in [3.8, 4) is 0 Å². The molecule has 140 valence electrons. The maximum atomic E-state index is 13.4. The van der Waals surface area contributed by atoms with Gasteiger partial charge in [-0.1, -0.05) is 24.4 Å². The molecule has 7 nitrogen and oxygen atoms in total. The zero-order valence-electron chi connectivity index (χ0n) is 14.8. The van der Waals surface area contributed by atoms with E-state index in [0.717, 1.165) is 10.4 Å². The Morgan fingerprint density at radius 2 is 1.64 bits per heavy atom. The molecule has 2 aliphatic heterocycles. The molecule has 0 spiro atoms. The summed E-state index contributed by atoms with van der Waals surface area (Å²) in [6.45, 7) is 0.643. The summed E-state index contributed by atoms with van der Waals surface area (Å²) in [4.78, 5) is 31.1. The van der Waals surface area contributed by atoms with Gasteiger partial charge in [0.15, 0.2) is 5.65 Å². The minimum Gasteiger partial charge on any atom is -0.387 e. The maximum absolute atomic E-state index is 13.4. The topological polar surface area (TPSA) is 79.3 Å². The van der Waals surface area contributed by atoms with Crippen LogP contribution < -0.4 is 15.6 Å². The zero-order chi connectivity index (χ0) is 19.5. The van der Waals surface area contributed by atoms with Crippen molar-refractivity contribution in [1.29, 1.82) is 0 Å². The van der Waals surface area contributed by atoms with Gasteiger partial charge in [0, 0.05) is 35.8 Å². The van der Waals surface area contributed by atoms with Gasteiger partial charge in [-0.3, -0.25) is 9.59 Å². The van der Waals surface area contributed by atoms with Crippen LogP contribution in [0.15, 0.2) is 78.3 Å². The molecule has 8 heteroatoms. The third-order valence-corrected chi connectivity index (χ3v) is 4.68. The standard InChI is InChI=1S/C20H17N5O2S/c26-19(15-5-1-9-21-12-15)25(20(27)16-6-2-10-22-13-16)24-17(28)8-7-14-4-3-11-23-18(14)24/h1-11,21-22H,12-13H2. The Morgan fingerprint density at radius 3 is 2.21 bits per heavy atom. The Bertz CT molecular complexity index is 1100. The van der Waals surface area contributed by atoms with Gasteiger partial charge in [-0.25, -0.2) is 9.66 Å². The Morgan fingerprint density at radius 1 is 1.00 bits per heavy atom. The summed E-state index contributed by atoms with van der Waals surface area (Å²) in [5, 5.41) is 7.84. The molecule has 2 aromatic heterocycles. The molecular formula is C20H17N5O2S. The summed E-state index contributed by atoms with van der Waals surface area (Å²) in [6, 6.07) is 7.16. The van der Waals surface area contributed by atoms with E-state index in [9.17, 15) is 9.59 Å². The summed E-state index contributed by atoms with van der Waals surface area (Å²) in [5.74, 6) is -0.905. The molecule has 0 radical (unpaired) electrons. The number of amides is 2.